The Hall–Kier alpha value is -4.07. The van der Waals surface area contributed by atoms with Gasteiger partial charge in [0.05, 0.1) is 46.5 Å². The normalized spacial score (nSPS) is 15.0. The molecular weight excluding hydrogens is 570 g/mol. The Labute approximate surface area is 232 Å². The van der Waals surface area contributed by atoms with Crippen LogP contribution in [0.1, 0.15) is 27.0 Å². The highest BCUT2D eigenvalue weighted by molar-refractivity contribution is 9.10. The summed E-state index contributed by atoms with van der Waals surface area (Å²) in [6, 6.07) is 19.7. The van der Waals surface area contributed by atoms with E-state index in [0.717, 1.165) is 11.1 Å². The van der Waals surface area contributed by atoms with Crippen molar-refractivity contribution in [2.75, 3.05) is 21.3 Å². The highest BCUT2D eigenvalue weighted by Crippen LogP contribution is 2.39. The molecule has 1 fully saturated rings. The zero-order chi connectivity index (χ0) is 27.2. The summed E-state index contributed by atoms with van der Waals surface area (Å²) in [4.78, 5) is 31.3. The molecule has 1 amide bonds. The lowest BCUT2D eigenvalue weighted by Crippen LogP contribution is -2.23. The third-order valence-electron chi connectivity index (χ3n) is 5.55. The summed E-state index contributed by atoms with van der Waals surface area (Å²) in [5.41, 5.74) is 2.92. The number of esters is 1. The molecule has 1 aliphatic rings. The Morgan fingerprint density at radius 1 is 1.16 bits per heavy atom. The zero-order valence-electron chi connectivity index (χ0n) is 20.7. The lowest BCUT2D eigenvalue weighted by molar-refractivity contribution is -0.121. The lowest BCUT2D eigenvalue weighted by atomic mass is 10.1. The summed E-state index contributed by atoms with van der Waals surface area (Å²) in [5, 5.41) is 9.80. The maximum atomic E-state index is 12.9. The van der Waals surface area contributed by atoms with Crippen molar-refractivity contribution in [3.8, 4) is 17.6 Å². The summed E-state index contributed by atoms with van der Waals surface area (Å²) in [6.07, 6.45) is 1.75. The van der Waals surface area contributed by atoms with Gasteiger partial charge in [-0.15, -0.1) is 0 Å². The van der Waals surface area contributed by atoms with Crippen LogP contribution in [0.15, 0.2) is 75.0 Å². The number of amides is 1. The van der Waals surface area contributed by atoms with Crippen LogP contribution in [0.25, 0.3) is 6.08 Å². The number of hydrogen-bond donors (Lipinski definition) is 0. The number of hydrogen-bond acceptors (Lipinski definition) is 8. The summed E-state index contributed by atoms with van der Waals surface area (Å²) in [6.45, 7) is 0.190. The van der Waals surface area contributed by atoms with Gasteiger partial charge in [-0.25, -0.2) is 9.79 Å². The van der Waals surface area contributed by atoms with Gasteiger partial charge in [0.2, 0.25) is 0 Å². The molecule has 0 radical (unpaired) electrons. The van der Waals surface area contributed by atoms with E-state index in [2.05, 4.69) is 27.0 Å². The first-order chi connectivity index (χ1) is 18.3. The summed E-state index contributed by atoms with van der Waals surface area (Å²) >= 11 is 4.77. The molecule has 4 rings (SSSR count). The van der Waals surface area contributed by atoms with Crippen molar-refractivity contribution >= 4 is 56.5 Å². The number of rotatable bonds is 7. The molecule has 0 spiro atoms. The van der Waals surface area contributed by atoms with Crippen molar-refractivity contribution in [1.29, 1.82) is 5.26 Å². The highest BCUT2D eigenvalue weighted by Gasteiger charge is 2.30. The van der Waals surface area contributed by atoms with Crippen LogP contribution in [0.3, 0.4) is 0 Å². The number of carbonyl (C=O) groups excluding carboxylic acids is 2. The lowest BCUT2D eigenvalue weighted by Gasteiger charge is -2.14. The molecular formula is C28H22BrN3O5S. The first-order valence-electron chi connectivity index (χ1n) is 11.3. The molecule has 1 aliphatic heterocycles. The van der Waals surface area contributed by atoms with Crippen molar-refractivity contribution < 1.29 is 23.8 Å². The number of nitrogens with zero attached hydrogens (tertiary/aromatic N) is 3. The van der Waals surface area contributed by atoms with Gasteiger partial charge in [-0.05, 0) is 75.7 Å². The van der Waals surface area contributed by atoms with Crippen molar-refractivity contribution in [1.82, 2.24) is 4.90 Å². The maximum Gasteiger partial charge on any atom is 0.337 e. The van der Waals surface area contributed by atoms with Gasteiger partial charge in [-0.1, -0.05) is 24.3 Å². The van der Waals surface area contributed by atoms with E-state index >= 15 is 0 Å². The third kappa shape index (κ3) is 5.90. The number of halogens is 1. The Balaban J connectivity index is 1.58. The van der Waals surface area contributed by atoms with Crippen molar-refractivity contribution in [3.63, 3.8) is 0 Å². The molecule has 0 atom stereocenters. The molecule has 192 valence electrons. The van der Waals surface area contributed by atoms with E-state index in [1.165, 1.54) is 30.9 Å². The highest BCUT2D eigenvalue weighted by atomic mass is 79.9. The molecule has 8 nitrogen and oxygen atoms in total. The molecule has 3 aromatic carbocycles. The molecule has 3 aromatic rings. The number of ether oxygens (including phenoxy) is 3. The second-order valence-electron chi connectivity index (χ2n) is 8.00. The van der Waals surface area contributed by atoms with E-state index in [4.69, 9.17) is 14.2 Å². The number of methoxy groups -OCH3 is 2. The van der Waals surface area contributed by atoms with Gasteiger partial charge >= 0.3 is 5.97 Å². The topological polar surface area (TPSA) is 101 Å². The Morgan fingerprint density at radius 2 is 1.95 bits per heavy atom. The van der Waals surface area contributed by atoms with Crippen LogP contribution in [0.4, 0.5) is 5.69 Å². The van der Waals surface area contributed by atoms with E-state index in [1.54, 1.807) is 55.6 Å². The molecule has 0 saturated carbocycles. The Kier molecular flexibility index (Phi) is 8.51. The first kappa shape index (κ1) is 27.0. The monoisotopic (exact) mass is 591 g/mol. The average molecular weight is 592 g/mol. The predicted octanol–water partition coefficient (Wildman–Crippen LogP) is 5.93. The maximum absolute atomic E-state index is 12.9. The molecule has 38 heavy (non-hydrogen) atoms. The molecule has 10 heteroatoms. The van der Waals surface area contributed by atoms with E-state index < -0.39 is 5.97 Å². The van der Waals surface area contributed by atoms with Gasteiger partial charge in [-0.2, -0.15) is 5.26 Å². The number of amidine groups is 1. The fourth-order valence-electron chi connectivity index (χ4n) is 3.60. The van der Waals surface area contributed by atoms with Crippen LogP contribution in [0.2, 0.25) is 0 Å². The van der Waals surface area contributed by atoms with Crippen molar-refractivity contribution in [2.45, 2.75) is 6.61 Å². The zero-order valence-corrected chi connectivity index (χ0v) is 23.1. The molecule has 0 aliphatic carbocycles. The average Bonchev–Trinajstić information content (AvgIpc) is 3.19. The van der Waals surface area contributed by atoms with Crippen molar-refractivity contribution in [2.24, 2.45) is 4.99 Å². The van der Waals surface area contributed by atoms with Crippen LogP contribution in [0.5, 0.6) is 11.5 Å². The summed E-state index contributed by atoms with van der Waals surface area (Å²) < 4.78 is 16.9. The number of aliphatic imine (C=N–C) groups is 1. The van der Waals surface area contributed by atoms with Crippen LogP contribution < -0.4 is 9.47 Å². The van der Waals surface area contributed by atoms with Crippen LogP contribution in [0, 0.1) is 11.3 Å². The number of nitriles is 1. The van der Waals surface area contributed by atoms with E-state index in [0.29, 0.717) is 42.9 Å². The smallest absolute Gasteiger partial charge is 0.337 e. The summed E-state index contributed by atoms with van der Waals surface area (Å²) in [7, 11) is 4.49. The number of thioether (sulfide) groups is 1. The summed E-state index contributed by atoms with van der Waals surface area (Å²) in [5.74, 6) is 0.286. The van der Waals surface area contributed by atoms with Gasteiger partial charge in [-0.3, -0.25) is 9.69 Å². The number of benzene rings is 3. The molecule has 0 bridgehead atoms. The van der Waals surface area contributed by atoms with Gasteiger partial charge < -0.3 is 14.2 Å². The van der Waals surface area contributed by atoms with E-state index in [-0.39, 0.29) is 12.5 Å². The van der Waals surface area contributed by atoms with E-state index in [1.807, 2.05) is 18.2 Å². The number of likely N-dealkylation sites (N-methyl/N-ethyl adjacent to an activating group) is 1. The van der Waals surface area contributed by atoms with Crippen LogP contribution in [-0.2, 0) is 16.1 Å². The molecule has 0 aromatic heterocycles. The van der Waals surface area contributed by atoms with Crippen LogP contribution >= 0.6 is 27.7 Å². The quantitative estimate of drug-likeness (QED) is 0.248. The minimum absolute atomic E-state index is 0.190. The molecule has 1 saturated heterocycles. The Bertz CT molecular complexity index is 1510. The first-order valence-corrected chi connectivity index (χ1v) is 12.9. The van der Waals surface area contributed by atoms with Gasteiger partial charge in [0.25, 0.3) is 5.91 Å². The van der Waals surface area contributed by atoms with Crippen LogP contribution in [-0.4, -0.2) is 43.2 Å². The van der Waals surface area contributed by atoms with E-state index in [9.17, 15) is 14.9 Å². The minimum Gasteiger partial charge on any atom is -0.493 e. The molecule has 0 unspecified atom stereocenters. The van der Waals surface area contributed by atoms with Gasteiger partial charge in [0.1, 0.15) is 6.61 Å². The fourth-order valence-corrected chi connectivity index (χ4v) is 5.16. The second kappa shape index (κ2) is 12.0. The minimum atomic E-state index is -0.461. The number of carbonyl (C=O) groups is 2. The SMILES string of the molecule is COC(=O)c1cccc(N=C2SC(=Cc3cc(Br)c(OCc4ccccc4C#N)c(OC)c3)C(=O)N2C)c1. The second-order valence-corrected chi connectivity index (χ2v) is 9.87. The van der Waals surface area contributed by atoms with Gasteiger partial charge in [0, 0.05) is 12.6 Å². The molecule has 0 N–H and O–H groups in total. The predicted molar refractivity (Wildman–Crippen MR) is 149 cm³/mol. The van der Waals surface area contributed by atoms with Gasteiger partial charge in [0.15, 0.2) is 16.7 Å². The van der Waals surface area contributed by atoms with Crippen molar-refractivity contribution in [3.05, 3.63) is 92.3 Å². The largest absolute Gasteiger partial charge is 0.493 e. The Morgan fingerprint density at radius 3 is 2.68 bits per heavy atom. The standard InChI is InChI=1S/C28H22BrN3O5S/c1-32-26(33)24(38-28(32)31-21-10-6-9-18(14-21)27(34)36-3)13-17-11-22(29)25(23(12-17)35-2)37-16-20-8-5-4-7-19(20)15-30/h4-14H,16H2,1-3H3. The fraction of sp³-hybridized carbons (Fsp3) is 0.143. The third-order valence-corrected chi connectivity index (χ3v) is 7.20. The molecule has 1 heterocycles.